The first kappa shape index (κ1) is 13.6. The topological polar surface area (TPSA) is 41.5 Å². The van der Waals surface area contributed by atoms with Crippen molar-refractivity contribution in [2.75, 3.05) is 26.3 Å². The van der Waals surface area contributed by atoms with E-state index in [0.717, 1.165) is 32.4 Å². The summed E-state index contributed by atoms with van der Waals surface area (Å²) in [5.74, 6) is 0. The van der Waals surface area contributed by atoms with Crippen molar-refractivity contribution in [2.24, 2.45) is 0 Å². The van der Waals surface area contributed by atoms with Crippen LogP contribution in [0.3, 0.4) is 0 Å². The van der Waals surface area contributed by atoms with Gasteiger partial charge in [-0.05, 0) is 19.4 Å². The van der Waals surface area contributed by atoms with Gasteiger partial charge in [0.05, 0.1) is 12.7 Å². The van der Waals surface area contributed by atoms with Crippen molar-refractivity contribution in [3.8, 4) is 0 Å². The van der Waals surface area contributed by atoms with E-state index >= 15 is 0 Å². The van der Waals surface area contributed by atoms with Crippen LogP contribution in [0.2, 0.25) is 0 Å². The van der Waals surface area contributed by atoms with Gasteiger partial charge in [0, 0.05) is 13.2 Å². The van der Waals surface area contributed by atoms with E-state index in [0.29, 0.717) is 13.2 Å². The fraction of sp³-hybridized carbons (Fsp3) is 0.818. The molecule has 0 aliphatic heterocycles. The number of hydrogen-bond acceptors (Lipinski definition) is 3. The highest BCUT2D eigenvalue weighted by molar-refractivity contribution is 4.68. The van der Waals surface area contributed by atoms with Gasteiger partial charge >= 0.3 is 0 Å². The molecule has 1 unspecified atom stereocenters. The van der Waals surface area contributed by atoms with Crippen LogP contribution in [0, 0.1) is 0 Å². The van der Waals surface area contributed by atoms with Crippen molar-refractivity contribution < 1.29 is 9.84 Å². The number of aliphatic hydroxyl groups is 1. The Morgan fingerprint density at radius 3 is 3.00 bits per heavy atom. The molecule has 0 heterocycles. The van der Waals surface area contributed by atoms with Crippen LogP contribution in [-0.4, -0.2) is 37.5 Å². The van der Waals surface area contributed by atoms with Crippen molar-refractivity contribution in [1.29, 1.82) is 0 Å². The minimum absolute atomic E-state index is 0.392. The zero-order valence-corrected chi connectivity index (χ0v) is 9.17. The monoisotopic (exact) mass is 201 g/mol. The van der Waals surface area contributed by atoms with Gasteiger partial charge in [0.15, 0.2) is 0 Å². The highest BCUT2D eigenvalue weighted by atomic mass is 16.5. The van der Waals surface area contributed by atoms with E-state index in [9.17, 15) is 5.11 Å². The molecule has 0 saturated heterocycles. The lowest BCUT2D eigenvalue weighted by molar-refractivity contribution is 0.0361. The largest absolute Gasteiger partial charge is 0.389 e. The van der Waals surface area contributed by atoms with Gasteiger partial charge in [0.1, 0.15) is 0 Å². The molecular weight excluding hydrogens is 178 g/mol. The fourth-order valence-electron chi connectivity index (χ4n) is 0.997. The van der Waals surface area contributed by atoms with Gasteiger partial charge in [-0.15, -0.1) is 6.58 Å². The Bertz CT molecular complexity index is 128. The van der Waals surface area contributed by atoms with Gasteiger partial charge in [-0.1, -0.05) is 19.4 Å². The van der Waals surface area contributed by atoms with Crippen molar-refractivity contribution >= 4 is 0 Å². The van der Waals surface area contributed by atoms with Crippen LogP contribution in [0.15, 0.2) is 12.7 Å². The molecule has 0 rings (SSSR count). The van der Waals surface area contributed by atoms with Crippen LogP contribution >= 0.6 is 0 Å². The normalized spacial score (nSPS) is 12.7. The second-order valence-corrected chi connectivity index (χ2v) is 3.36. The van der Waals surface area contributed by atoms with Gasteiger partial charge in [0.25, 0.3) is 0 Å². The molecular formula is C11H23NO2. The van der Waals surface area contributed by atoms with Gasteiger partial charge in [-0.3, -0.25) is 0 Å². The molecule has 0 bridgehead atoms. The Hall–Kier alpha value is -0.380. The van der Waals surface area contributed by atoms with Crippen LogP contribution in [0.5, 0.6) is 0 Å². The van der Waals surface area contributed by atoms with Gasteiger partial charge in [-0.2, -0.15) is 0 Å². The summed E-state index contributed by atoms with van der Waals surface area (Å²) < 4.78 is 5.28. The lowest BCUT2D eigenvalue weighted by Crippen LogP contribution is -2.31. The van der Waals surface area contributed by atoms with Crippen LogP contribution in [0.25, 0.3) is 0 Å². The predicted molar refractivity (Wildman–Crippen MR) is 59.4 cm³/mol. The number of aliphatic hydroxyl groups excluding tert-OH is 1. The quantitative estimate of drug-likeness (QED) is 0.414. The zero-order chi connectivity index (χ0) is 10.6. The van der Waals surface area contributed by atoms with E-state index in [-0.39, 0.29) is 0 Å². The Morgan fingerprint density at radius 1 is 1.57 bits per heavy atom. The molecule has 0 aliphatic rings. The number of ether oxygens (including phenoxy) is 1. The molecule has 0 aliphatic carbocycles. The van der Waals surface area contributed by atoms with E-state index in [4.69, 9.17) is 4.74 Å². The third-order valence-electron chi connectivity index (χ3n) is 1.86. The van der Waals surface area contributed by atoms with Crippen molar-refractivity contribution in [3.05, 3.63) is 12.7 Å². The maximum Gasteiger partial charge on any atom is 0.0897 e. The maximum atomic E-state index is 9.43. The molecule has 14 heavy (non-hydrogen) atoms. The van der Waals surface area contributed by atoms with Gasteiger partial charge < -0.3 is 15.2 Å². The number of rotatable bonds is 10. The molecule has 84 valence electrons. The summed E-state index contributed by atoms with van der Waals surface area (Å²) in [7, 11) is 0. The molecule has 0 radical (unpaired) electrons. The molecule has 3 heteroatoms. The first-order chi connectivity index (χ1) is 6.81. The average molecular weight is 201 g/mol. The Labute approximate surface area is 87.2 Å². The molecule has 0 aromatic heterocycles. The Kier molecular flexibility index (Phi) is 10.4. The third-order valence-corrected chi connectivity index (χ3v) is 1.86. The lowest BCUT2D eigenvalue weighted by Gasteiger charge is -2.11. The van der Waals surface area contributed by atoms with Crippen LogP contribution in [-0.2, 0) is 4.74 Å². The van der Waals surface area contributed by atoms with Crippen LogP contribution in [0.4, 0.5) is 0 Å². The van der Waals surface area contributed by atoms with Crippen molar-refractivity contribution in [2.45, 2.75) is 32.3 Å². The Balaban J connectivity index is 3.10. The van der Waals surface area contributed by atoms with Gasteiger partial charge in [-0.25, -0.2) is 0 Å². The molecule has 0 spiro atoms. The Morgan fingerprint density at radius 2 is 2.36 bits per heavy atom. The minimum atomic E-state index is -0.392. The van der Waals surface area contributed by atoms with Crippen molar-refractivity contribution in [3.63, 3.8) is 0 Å². The standard InChI is InChI=1S/C11H23NO2/c1-3-5-7-12-9-11(13)10-14-8-6-4-2/h3,11-13H,1,4-10H2,2H3. The molecule has 2 N–H and O–H groups in total. The molecule has 1 atom stereocenters. The second-order valence-electron chi connectivity index (χ2n) is 3.36. The summed E-state index contributed by atoms with van der Waals surface area (Å²) in [4.78, 5) is 0. The fourth-order valence-corrected chi connectivity index (χ4v) is 0.997. The smallest absolute Gasteiger partial charge is 0.0897 e. The molecule has 0 aromatic rings. The highest BCUT2D eigenvalue weighted by Gasteiger charge is 2.02. The van der Waals surface area contributed by atoms with E-state index in [1.54, 1.807) is 0 Å². The summed E-state index contributed by atoms with van der Waals surface area (Å²) in [5, 5.41) is 12.6. The summed E-state index contributed by atoms with van der Waals surface area (Å²) in [6.07, 6.45) is 4.60. The van der Waals surface area contributed by atoms with Crippen molar-refractivity contribution in [1.82, 2.24) is 5.32 Å². The summed E-state index contributed by atoms with van der Waals surface area (Å²) in [5.41, 5.74) is 0. The van der Waals surface area contributed by atoms with Gasteiger partial charge in [0.2, 0.25) is 0 Å². The average Bonchev–Trinajstić information content (AvgIpc) is 2.19. The number of unbranched alkanes of at least 4 members (excludes halogenated alkanes) is 1. The predicted octanol–water partition coefficient (Wildman–Crippen LogP) is 1.33. The minimum Gasteiger partial charge on any atom is -0.389 e. The van der Waals surface area contributed by atoms with Crippen LogP contribution in [0.1, 0.15) is 26.2 Å². The first-order valence-electron chi connectivity index (χ1n) is 5.38. The zero-order valence-electron chi connectivity index (χ0n) is 9.17. The van der Waals surface area contributed by atoms with E-state index in [2.05, 4.69) is 18.8 Å². The molecule has 3 nitrogen and oxygen atoms in total. The third kappa shape index (κ3) is 9.71. The molecule has 0 fully saturated rings. The molecule has 0 aromatic carbocycles. The number of nitrogens with one attached hydrogen (secondary N) is 1. The first-order valence-corrected chi connectivity index (χ1v) is 5.38. The lowest BCUT2D eigenvalue weighted by atomic mass is 10.3. The second kappa shape index (κ2) is 10.7. The van der Waals surface area contributed by atoms with E-state index < -0.39 is 6.10 Å². The van der Waals surface area contributed by atoms with E-state index in [1.807, 2.05) is 6.08 Å². The summed E-state index contributed by atoms with van der Waals surface area (Å²) >= 11 is 0. The summed E-state index contributed by atoms with van der Waals surface area (Å²) in [6.45, 7) is 8.39. The summed E-state index contributed by atoms with van der Waals surface area (Å²) in [6, 6.07) is 0. The molecule has 0 saturated carbocycles. The molecule has 0 amide bonds. The van der Waals surface area contributed by atoms with Crippen LogP contribution < -0.4 is 5.32 Å². The highest BCUT2D eigenvalue weighted by Crippen LogP contribution is 1.90. The number of hydrogen-bond donors (Lipinski definition) is 2. The SMILES string of the molecule is C=CCCNCC(O)COCCCC. The van der Waals surface area contributed by atoms with E-state index in [1.165, 1.54) is 0 Å². The maximum absolute atomic E-state index is 9.43.